The van der Waals surface area contributed by atoms with Crippen molar-refractivity contribution in [3.05, 3.63) is 0 Å². The zero-order valence-electron chi connectivity index (χ0n) is 10.3. The van der Waals surface area contributed by atoms with Crippen molar-refractivity contribution in [2.75, 3.05) is 20.6 Å². The maximum absolute atomic E-state index is 3.78. The minimum absolute atomic E-state index is 0.804. The molecule has 2 rings (SSSR count). The van der Waals surface area contributed by atoms with Gasteiger partial charge in [-0.15, -0.1) is 0 Å². The lowest BCUT2D eigenvalue weighted by Crippen LogP contribution is -2.33. The lowest BCUT2D eigenvalue weighted by Gasteiger charge is -2.20. The largest absolute Gasteiger partial charge is 0.314 e. The van der Waals surface area contributed by atoms with Gasteiger partial charge in [-0.3, -0.25) is 0 Å². The molecule has 0 aromatic carbocycles. The molecule has 0 amide bonds. The molecule has 0 heterocycles. The lowest BCUT2D eigenvalue weighted by molar-refractivity contribution is 0.292. The second kappa shape index (κ2) is 5.31. The first kappa shape index (κ1) is 11.4. The third-order valence-corrected chi connectivity index (χ3v) is 4.31. The summed E-state index contributed by atoms with van der Waals surface area (Å²) in [4.78, 5) is 2.39. The molecule has 2 aliphatic rings. The van der Waals surface area contributed by atoms with Crippen LogP contribution in [0.25, 0.3) is 0 Å². The molecule has 88 valence electrons. The summed E-state index contributed by atoms with van der Waals surface area (Å²) >= 11 is 0. The Labute approximate surface area is 94.4 Å². The van der Waals surface area contributed by atoms with Gasteiger partial charge in [0, 0.05) is 12.1 Å². The van der Waals surface area contributed by atoms with Crippen LogP contribution in [0.15, 0.2) is 0 Å². The van der Waals surface area contributed by atoms with Gasteiger partial charge in [-0.05, 0) is 58.7 Å². The fourth-order valence-corrected chi connectivity index (χ4v) is 3.16. The zero-order chi connectivity index (χ0) is 10.7. The van der Waals surface area contributed by atoms with Crippen LogP contribution in [0.5, 0.6) is 0 Å². The molecule has 0 spiro atoms. The van der Waals surface area contributed by atoms with E-state index in [1.165, 1.54) is 51.5 Å². The van der Waals surface area contributed by atoms with E-state index in [2.05, 4.69) is 24.3 Å². The normalized spacial score (nSPS) is 33.0. The zero-order valence-corrected chi connectivity index (χ0v) is 10.3. The third-order valence-electron chi connectivity index (χ3n) is 4.31. The maximum Gasteiger partial charge on any atom is 0.0105 e. The molecule has 0 bridgehead atoms. The predicted octanol–water partition coefficient (Wildman–Crippen LogP) is 2.25. The van der Waals surface area contributed by atoms with Crippen LogP contribution in [0.1, 0.15) is 44.9 Å². The highest BCUT2D eigenvalue weighted by Crippen LogP contribution is 2.26. The highest BCUT2D eigenvalue weighted by atomic mass is 15.1. The summed E-state index contributed by atoms with van der Waals surface area (Å²) in [6.07, 6.45) is 10.0. The van der Waals surface area contributed by atoms with Crippen LogP contribution in [-0.4, -0.2) is 37.6 Å². The average Bonchev–Trinajstić information content (AvgIpc) is 2.86. The van der Waals surface area contributed by atoms with Crippen LogP contribution in [0.2, 0.25) is 0 Å². The molecule has 2 fully saturated rings. The van der Waals surface area contributed by atoms with E-state index in [-0.39, 0.29) is 0 Å². The number of hydrogen-bond donors (Lipinski definition) is 1. The van der Waals surface area contributed by atoms with Crippen LogP contribution >= 0.6 is 0 Å². The molecule has 1 N–H and O–H groups in total. The molecule has 0 saturated heterocycles. The molecular weight excluding hydrogens is 184 g/mol. The maximum atomic E-state index is 3.78. The fraction of sp³-hybridized carbons (Fsp3) is 1.00. The number of rotatable bonds is 4. The van der Waals surface area contributed by atoms with E-state index < -0.39 is 0 Å². The highest BCUT2D eigenvalue weighted by Gasteiger charge is 2.26. The molecule has 15 heavy (non-hydrogen) atoms. The third kappa shape index (κ3) is 3.18. The van der Waals surface area contributed by atoms with Crippen molar-refractivity contribution >= 4 is 0 Å². The van der Waals surface area contributed by atoms with Gasteiger partial charge in [-0.1, -0.05) is 12.8 Å². The van der Waals surface area contributed by atoms with E-state index in [1.54, 1.807) is 0 Å². The Morgan fingerprint density at radius 3 is 2.40 bits per heavy atom. The van der Waals surface area contributed by atoms with E-state index in [0.29, 0.717) is 0 Å². The standard InChI is InChI=1S/C13H26N2/c1-15(2)13-8-7-12(9-13)14-10-11-5-3-4-6-11/h11-14H,3-10H2,1-2H3. The molecule has 0 radical (unpaired) electrons. The highest BCUT2D eigenvalue weighted by molar-refractivity contribution is 4.85. The van der Waals surface area contributed by atoms with Gasteiger partial charge in [-0.2, -0.15) is 0 Å². The summed E-state index contributed by atoms with van der Waals surface area (Å²) in [5.41, 5.74) is 0. The first-order valence-electron chi connectivity index (χ1n) is 6.65. The van der Waals surface area contributed by atoms with Gasteiger partial charge in [0.05, 0.1) is 0 Å². The SMILES string of the molecule is CN(C)C1CCC(NCC2CCCC2)C1. The lowest BCUT2D eigenvalue weighted by atomic mass is 10.1. The van der Waals surface area contributed by atoms with Gasteiger partial charge in [-0.25, -0.2) is 0 Å². The summed E-state index contributed by atoms with van der Waals surface area (Å²) in [5, 5.41) is 3.78. The summed E-state index contributed by atoms with van der Waals surface area (Å²) in [6, 6.07) is 1.63. The minimum atomic E-state index is 0.804. The molecule has 0 aliphatic heterocycles. The van der Waals surface area contributed by atoms with Crippen molar-refractivity contribution in [2.45, 2.75) is 57.0 Å². The van der Waals surface area contributed by atoms with E-state index in [4.69, 9.17) is 0 Å². The quantitative estimate of drug-likeness (QED) is 0.765. The summed E-state index contributed by atoms with van der Waals surface area (Å²) < 4.78 is 0. The summed E-state index contributed by atoms with van der Waals surface area (Å²) in [7, 11) is 4.42. The van der Waals surface area contributed by atoms with Gasteiger partial charge >= 0.3 is 0 Å². The summed E-state index contributed by atoms with van der Waals surface area (Å²) in [6.45, 7) is 1.28. The second-order valence-corrected chi connectivity index (χ2v) is 5.69. The number of nitrogens with one attached hydrogen (secondary N) is 1. The molecule has 2 atom stereocenters. The topological polar surface area (TPSA) is 15.3 Å². The van der Waals surface area contributed by atoms with Gasteiger partial charge in [0.15, 0.2) is 0 Å². The number of nitrogens with zero attached hydrogens (tertiary/aromatic N) is 1. The summed E-state index contributed by atoms with van der Waals surface area (Å²) in [5.74, 6) is 0.989. The van der Waals surface area contributed by atoms with E-state index >= 15 is 0 Å². The Hall–Kier alpha value is -0.0800. The molecule has 0 aromatic heterocycles. The van der Waals surface area contributed by atoms with Gasteiger partial charge < -0.3 is 10.2 Å². The molecular formula is C13H26N2. The van der Waals surface area contributed by atoms with Crippen molar-refractivity contribution in [1.29, 1.82) is 0 Å². The van der Waals surface area contributed by atoms with Crippen molar-refractivity contribution in [3.63, 3.8) is 0 Å². The Bertz CT molecular complexity index is 185. The van der Waals surface area contributed by atoms with E-state index in [1.807, 2.05) is 0 Å². The minimum Gasteiger partial charge on any atom is -0.314 e. The van der Waals surface area contributed by atoms with Gasteiger partial charge in [0.2, 0.25) is 0 Å². The van der Waals surface area contributed by atoms with Crippen molar-refractivity contribution in [3.8, 4) is 0 Å². The van der Waals surface area contributed by atoms with Crippen LogP contribution in [0, 0.1) is 5.92 Å². The van der Waals surface area contributed by atoms with Crippen LogP contribution in [0.4, 0.5) is 0 Å². The van der Waals surface area contributed by atoms with Crippen LogP contribution in [-0.2, 0) is 0 Å². The van der Waals surface area contributed by atoms with Crippen LogP contribution < -0.4 is 5.32 Å². The van der Waals surface area contributed by atoms with Crippen molar-refractivity contribution < 1.29 is 0 Å². The smallest absolute Gasteiger partial charge is 0.0105 e. The fourth-order valence-electron chi connectivity index (χ4n) is 3.16. The van der Waals surface area contributed by atoms with Crippen molar-refractivity contribution in [2.24, 2.45) is 5.92 Å². The second-order valence-electron chi connectivity index (χ2n) is 5.69. The average molecular weight is 210 g/mol. The molecule has 2 aliphatic carbocycles. The molecule has 2 saturated carbocycles. The Kier molecular flexibility index (Phi) is 4.04. The Balaban J connectivity index is 1.64. The first-order chi connectivity index (χ1) is 7.25. The molecule has 0 aromatic rings. The predicted molar refractivity (Wildman–Crippen MR) is 65.1 cm³/mol. The Morgan fingerprint density at radius 1 is 1.07 bits per heavy atom. The first-order valence-corrected chi connectivity index (χ1v) is 6.65. The Morgan fingerprint density at radius 2 is 1.80 bits per heavy atom. The van der Waals surface area contributed by atoms with E-state index in [0.717, 1.165) is 18.0 Å². The van der Waals surface area contributed by atoms with Crippen molar-refractivity contribution in [1.82, 2.24) is 10.2 Å². The van der Waals surface area contributed by atoms with Gasteiger partial charge in [0.1, 0.15) is 0 Å². The monoisotopic (exact) mass is 210 g/mol. The number of hydrogen-bond acceptors (Lipinski definition) is 2. The van der Waals surface area contributed by atoms with Crippen LogP contribution in [0.3, 0.4) is 0 Å². The van der Waals surface area contributed by atoms with E-state index in [9.17, 15) is 0 Å². The van der Waals surface area contributed by atoms with Gasteiger partial charge in [0.25, 0.3) is 0 Å². The molecule has 2 unspecified atom stereocenters. The molecule has 2 nitrogen and oxygen atoms in total. The molecule has 2 heteroatoms.